The van der Waals surface area contributed by atoms with Gasteiger partial charge in [-0.3, -0.25) is 0 Å². The summed E-state index contributed by atoms with van der Waals surface area (Å²) in [6, 6.07) is 2.06. The summed E-state index contributed by atoms with van der Waals surface area (Å²) >= 11 is 1.23. The van der Waals surface area contributed by atoms with Gasteiger partial charge in [-0.25, -0.2) is 0 Å². The number of likely N-dealkylation sites (tertiary alicyclic amines) is 1. The molecule has 0 amide bonds. The lowest BCUT2D eigenvalue weighted by atomic mass is 9.53. The van der Waals surface area contributed by atoms with Crippen LogP contribution in [0.5, 0.6) is 11.5 Å². The Bertz CT molecular complexity index is 946. The van der Waals surface area contributed by atoms with Gasteiger partial charge in [-0.15, -0.1) is 5.10 Å². The highest BCUT2D eigenvalue weighted by molar-refractivity contribution is 7.08. The second kappa shape index (κ2) is 4.82. The van der Waals surface area contributed by atoms with E-state index in [0.29, 0.717) is 16.8 Å². The number of rotatable bonds is 1. The van der Waals surface area contributed by atoms with Crippen LogP contribution in [-0.2, 0) is 11.8 Å². The van der Waals surface area contributed by atoms with Crippen molar-refractivity contribution in [2.24, 2.45) is 5.92 Å². The Morgan fingerprint density at radius 2 is 2.27 bits per heavy atom. The first kappa shape index (κ1) is 15.1. The van der Waals surface area contributed by atoms with Gasteiger partial charge in [0.1, 0.15) is 12.2 Å². The lowest BCUT2D eigenvalue weighted by molar-refractivity contribution is -0.0452. The van der Waals surface area contributed by atoms with Crippen molar-refractivity contribution in [2.45, 2.75) is 36.5 Å². The lowest BCUT2D eigenvalue weighted by Crippen LogP contribution is -2.64. The Morgan fingerprint density at radius 1 is 1.38 bits per heavy atom. The lowest BCUT2D eigenvalue weighted by Gasteiger charge is -2.56. The molecule has 3 heterocycles. The van der Waals surface area contributed by atoms with Crippen LogP contribution in [0.15, 0.2) is 18.2 Å². The number of phenols is 1. The van der Waals surface area contributed by atoms with Crippen LogP contribution in [0.1, 0.15) is 17.5 Å². The average molecular weight is 370 g/mol. The van der Waals surface area contributed by atoms with Crippen molar-refractivity contribution in [3.63, 3.8) is 0 Å². The molecule has 6 rings (SSSR count). The minimum absolute atomic E-state index is 0.112. The molecule has 1 spiro atoms. The Hall–Kier alpha value is -2.03. The van der Waals surface area contributed by atoms with Crippen LogP contribution in [0, 0.1) is 5.92 Å². The Morgan fingerprint density at radius 3 is 3.08 bits per heavy atom. The molecule has 0 radical (unpaired) electrons. The molecular weight excluding hydrogens is 352 g/mol. The summed E-state index contributed by atoms with van der Waals surface area (Å²) in [5, 5.41) is 30.0. The smallest absolute Gasteiger partial charge is 0.168 e. The minimum atomic E-state index is -0.667. The molecule has 1 aromatic carbocycles. The van der Waals surface area contributed by atoms with Crippen LogP contribution in [0.4, 0.5) is 0 Å². The number of aliphatic hydroxyl groups excluding tert-OH is 1. The van der Waals surface area contributed by atoms with Gasteiger partial charge >= 0.3 is 0 Å². The second-order valence-corrected chi connectivity index (χ2v) is 8.51. The van der Waals surface area contributed by atoms with E-state index >= 15 is 0 Å². The number of aromatic nitrogens is 3. The van der Waals surface area contributed by atoms with Crippen molar-refractivity contribution in [2.75, 3.05) is 13.6 Å². The molecule has 4 aliphatic rings. The summed E-state index contributed by atoms with van der Waals surface area (Å²) < 4.78 is 10.1. The van der Waals surface area contributed by atoms with Gasteiger partial charge in [0.25, 0.3) is 0 Å². The minimum Gasteiger partial charge on any atom is -0.504 e. The zero-order chi connectivity index (χ0) is 17.6. The van der Waals surface area contributed by atoms with Crippen molar-refractivity contribution in [3.8, 4) is 22.1 Å². The van der Waals surface area contributed by atoms with Crippen LogP contribution in [0.3, 0.4) is 0 Å². The maximum absolute atomic E-state index is 10.7. The standard InChI is InChI=1S/C18H18N4O3S/c1-22-5-4-18-10-2-3-12(23)16(18)25-15-13(24)7-9(17-19-20-21-26-17)8(14(15)18)6-11(10)22/h2-3,7,10-12,16,23-24H,4-6H2,1H3/t10-,11+,12-,16-,18-/m0/s1. The topological polar surface area (TPSA) is 91.6 Å². The molecule has 5 atom stereocenters. The van der Waals surface area contributed by atoms with Crippen molar-refractivity contribution in [3.05, 3.63) is 29.3 Å². The average Bonchev–Trinajstić information content (AvgIpc) is 3.27. The zero-order valence-electron chi connectivity index (χ0n) is 14.2. The maximum atomic E-state index is 10.7. The number of aromatic hydroxyl groups is 1. The van der Waals surface area contributed by atoms with Gasteiger partial charge in [-0.05, 0) is 43.3 Å². The summed E-state index contributed by atoms with van der Waals surface area (Å²) in [5.41, 5.74) is 2.84. The summed E-state index contributed by atoms with van der Waals surface area (Å²) in [7, 11) is 2.17. The fourth-order valence-corrected chi connectivity index (χ4v) is 6.25. The van der Waals surface area contributed by atoms with E-state index in [1.54, 1.807) is 6.07 Å². The van der Waals surface area contributed by atoms with Gasteiger partial charge in [0, 0.05) is 40.0 Å². The van der Waals surface area contributed by atoms with Gasteiger partial charge in [0.2, 0.25) is 0 Å². The highest BCUT2D eigenvalue weighted by Crippen LogP contribution is 2.63. The van der Waals surface area contributed by atoms with E-state index in [1.165, 1.54) is 11.5 Å². The number of nitrogens with zero attached hydrogens (tertiary/aromatic N) is 4. The fourth-order valence-electron chi connectivity index (χ4n) is 5.75. The number of hydrogen-bond acceptors (Lipinski definition) is 8. The van der Waals surface area contributed by atoms with Crippen LogP contribution < -0.4 is 4.74 Å². The number of benzene rings is 1. The molecule has 26 heavy (non-hydrogen) atoms. The first-order chi connectivity index (χ1) is 12.6. The summed E-state index contributed by atoms with van der Waals surface area (Å²) in [6.07, 6.45) is 4.77. The van der Waals surface area contributed by atoms with E-state index in [2.05, 4.69) is 32.8 Å². The summed E-state index contributed by atoms with van der Waals surface area (Å²) in [5.74, 6) is 0.925. The third-order valence-electron chi connectivity index (χ3n) is 6.81. The summed E-state index contributed by atoms with van der Waals surface area (Å²) in [4.78, 5) is 2.41. The molecule has 8 heteroatoms. The third-order valence-corrected chi connectivity index (χ3v) is 7.44. The van der Waals surface area contributed by atoms with Crippen LogP contribution in [0.25, 0.3) is 10.6 Å². The predicted octanol–water partition coefficient (Wildman–Crippen LogP) is 1.11. The molecule has 0 saturated carbocycles. The van der Waals surface area contributed by atoms with E-state index in [9.17, 15) is 10.2 Å². The molecule has 2 aliphatic heterocycles. The molecule has 1 fully saturated rings. The van der Waals surface area contributed by atoms with Gasteiger partial charge in [0.15, 0.2) is 16.5 Å². The highest BCUT2D eigenvalue weighted by atomic mass is 32.1. The highest BCUT2D eigenvalue weighted by Gasteiger charge is 2.64. The van der Waals surface area contributed by atoms with Gasteiger partial charge < -0.3 is 19.8 Å². The van der Waals surface area contributed by atoms with Gasteiger partial charge in [0.05, 0.1) is 0 Å². The van der Waals surface area contributed by atoms with Crippen molar-refractivity contribution in [1.82, 2.24) is 19.7 Å². The molecule has 0 unspecified atom stereocenters. The summed E-state index contributed by atoms with van der Waals surface area (Å²) in [6.45, 7) is 0.950. The molecule has 1 saturated heterocycles. The normalized spacial score (nSPS) is 36.7. The van der Waals surface area contributed by atoms with Crippen LogP contribution >= 0.6 is 11.5 Å². The van der Waals surface area contributed by atoms with E-state index in [-0.39, 0.29) is 23.2 Å². The number of phenolic OH excluding ortho intramolecular Hbond substituents is 1. The van der Waals surface area contributed by atoms with Crippen LogP contribution in [0.2, 0.25) is 0 Å². The van der Waals surface area contributed by atoms with Gasteiger partial charge in [-0.2, -0.15) is 0 Å². The number of likely N-dealkylation sites (N-methyl/N-ethyl adjacent to an activating group) is 1. The second-order valence-electron chi connectivity index (χ2n) is 7.78. The van der Waals surface area contributed by atoms with Crippen LogP contribution in [-0.4, -0.2) is 61.8 Å². The number of piperidine rings is 1. The zero-order valence-corrected chi connectivity index (χ0v) is 15.0. The quantitative estimate of drug-likeness (QED) is 0.727. The first-order valence-electron chi connectivity index (χ1n) is 8.89. The van der Waals surface area contributed by atoms with Gasteiger partial charge in [-0.1, -0.05) is 16.6 Å². The molecule has 2 N–H and O–H groups in total. The van der Waals surface area contributed by atoms with Crippen molar-refractivity contribution in [1.29, 1.82) is 0 Å². The molecular formula is C18H18N4O3S. The number of ether oxygens (including phenoxy) is 1. The molecule has 7 nitrogen and oxygen atoms in total. The monoisotopic (exact) mass is 370 g/mol. The predicted molar refractivity (Wildman–Crippen MR) is 94.3 cm³/mol. The maximum Gasteiger partial charge on any atom is 0.168 e. The van der Waals surface area contributed by atoms with E-state index < -0.39 is 6.10 Å². The Kier molecular flexibility index (Phi) is 2.79. The molecule has 2 bridgehead atoms. The van der Waals surface area contributed by atoms with Crippen molar-refractivity contribution >= 4 is 11.5 Å². The first-order valence-corrected chi connectivity index (χ1v) is 9.66. The SMILES string of the molecule is CN1CC[C@]23c4c5c(-c6nnns6)cc(O)c4O[C@H]2[C@@H](O)C=C[C@H]3[C@H]1C5. The molecule has 1 aromatic heterocycles. The van der Waals surface area contributed by atoms with E-state index in [4.69, 9.17) is 4.74 Å². The Labute approximate surface area is 154 Å². The van der Waals surface area contributed by atoms with E-state index in [0.717, 1.165) is 36.1 Å². The molecule has 2 aromatic rings. The largest absolute Gasteiger partial charge is 0.504 e. The number of hydrogen-bond donors (Lipinski definition) is 2. The third kappa shape index (κ3) is 1.59. The molecule has 134 valence electrons. The number of aliphatic hydroxyl groups is 1. The van der Waals surface area contributed by atoms with Crippen molar-refractivity contribution < 1.29 is 14.9 Å². The Balaban J connectivity index is 1.70. The fraction of sp³-hybridized carbons (Fsp3) is 0.500. The molecule has 2 aliphatic carbocycles. The van der Waals surface area contributed by atoms with E-state index in [1.807, 2.05) is 6.08 Å².